The first kappa shape index (κ1) is 17.4. The number of nitrogens with zero attached hydrogens (tertiary/aromatic N) is 2. The van der Waals surface area contributed by atoms with Crippen molar-refractivity contribution in [2.24, 2.45) is 0 Å². The van der Waals surface area contributed by atoms with Gasteiger partial charge in [-0.05, 0) is 38.2 Å². The number of amides is 1. The summed E-state index contributed by atoms with van der Waals surface area (Å²) in [6, 6.07) is 5.81. The number of aryl methyl sites for hydroxylation is 1. The second-order valence-corrected chi connectivity index (χ2v) is 6.18. The van der Waals surface area contributed by atoms with Crippen LogP contribution in [0.2, 0.25) is 0 Å². The molecule has 0 aliphatic heterocycles. The van der Waals surface area contributed by atoms with Gasteiger partial charge in [0.1, 0.15) is 28.1 Å². The number of nitrogens with one attached hydrogen (secondary N) is 1. The van der Waals surface area contributed by atoms with Crippen molar-refractivity contribution in [3.8, 4) is 5.75 Å². The summed E-state index contributed by atoms with van der Waals surface area (Å²) in [4.78, 5) is 19.1. The van der Waals surface area contributed by atoms with Crippen LogP contribution < -0.4 is 10.1 Å². The minimum atomic E-state index is -0.306. The van der Waals surface area contributed by atoms with Gasteiger partial charge in [0.05, 0.1) is 5.69 Å². The molecule has 2 aromatic rings. The maximum Gasteiger partial charge on any atom is 0.265 e. The van der Waals surface area contributed by atoms with Crippen LogP contribution in [0.3, 0.4) is 0 Å². The molecule has 0 atom stereocenters. The molecule has 0 aliphatic carbocycles. The van der Waals surface area contributed by atoms with Crippen molar-refractivity contribution in [2.75, 3.05) is 27.2 Å². The Balaban J connectivity index is 1.99. The van der Waals surface area contributed by atoms with Crippen molar-refractivity contribution in [3.63, 3.8) is 0 Å². The van der Waals surface area contributed by atoms with Gasteiger partial charge in [0.2, 0.25) is 0 Å². The lowest BCUT2D eigenvalue weighted by Gasteiger charge is -2.15. The molecule has 0 saturated carbocycles. The number of aromatic nitrogens is 1. The van der Waals surface area contributed by atoms with Crippen LogP contribution in [0.15, 0.2) is 24.3 Å². The maximum atomic E-state index is 12.8. The van der Waals surface area contributed by atoms with Gasteiger partial charge < -0.3 is 15.0 Å². The molecule has 2 rings (SSSR count). The Bertz CT molecular complexity index is 658. The zero-order chi connectivity index (χ0) is 16.8. The minimum Gasteiger partial charge on any atom is -0.486 e. The summed E-state index contributed by atoms with van der Waals surface area (Å²) < 4.78 is 18.4. The SMILES string of the molecule is CNCCN(C)C(=O)c1sc(COc2ccc(F)cc2)nc1C. The van der Waals surface area contributed by atoms with E-state index < -0.39 is 0 Å². The summed E-state index contributed by atoms with van der Waals surface area (Å²) >= 11 is 1.33. The van der Waals surface area contributed by atoms with E-state index in [0.717, 1.165) is 11.6 Å². The van der Waals surface area contributed by atoms with Gasteiger partial charge in [-0.1, -0.05) is 0 Å². The second kappa shape index (κ2) is 8.03. The van der Waals surface area contributed by atoms with Crippen LogP contribution in [0.4, 0.5) is 4.39 Å². The number of ether oxygens (including phenoxy) is 1. The Labute approximate surface area is 139 Å². The lowest BCUT2D eigenvalue weighted by atomic mass is 10.3. The number of carbonyl (C=O) groups excluding carboxylic acids is 1. The predicted molar refractivity (Wildman–Crippen MR) is 88.5 cm³/mol. The van der Waals surface area contributed by atoms with Crippen LogP contribution in [0.5, 0.6) is 5.75 Å². The van der Waals surface area contributed by atoms with Crippen molar-refractivity contribution >= 4 is 17.2 Å². The Morgan fingerprint density at radius 2 is 2.09 bits per heavy atom. The molecule has 0 saturated heterocycles. The maximum absolute atomic E-state index is 12.8. The van der Waals surface area contributed by atoms with Crippen LogP contribution in [0, 0.1) is 12.7 Å². The monoisotopic (exact) mass is 337 g/mol. The fourth-order valence-electron chi connectivity index (χ4n) is 1.94. The summed E-state index contributed by atoms with van der Waals surface area (Å²) in [5.41, 5.74) is 0.703. The Hall–Kier alpha value is -1.99. The fraction of sp³-hybridized carbons (Fsp3) is 0.375. The van der Waals surface area contributed by atoms with Gasteiger partial charge in [0.25, 0.3) is 5.91 Å². The Kier molecular flexibility index (Phi) is 6.06. The number of hydrogen-bond donors (Lipinski definition) is 1. The van der Waals surface area contributed by atoms with E-state index in [9.17, 15) is 9.18 Å². The van der Waals surface area contributed by atoms with E-state index >= 15 is 0 Å². The van der Waals surface area contributed by atoms with Crippen LogP contribution in [-0.4, -0.2) is 43.0 Å². The van der Waals surface area contributed by atoms with Crippen molar-refractivity contribution in [3.05, 3.63) is 45.7 Å². The van der Waals surface area contributed by atoms with E-state index in [1.54, 1.807) is 24.1 Å². The first-order valence-electron chi connectivity index (χ1n) is 7.26. The molecule has 0 fully saturated rings. The molecule has 23 heavy (non-hydrogen) atoms. The standard InChI is InChI=1S/C16H20FN3O2S/c1-11-15(16(21)20(3)9-8-18-2)23-14(19-11)10-22-13-6-4-12(17)5-7-13/h4-7,18H,8-10H2,1-3H3. The number of halogens is 1. The highest BCUT2D eigenvalue weighted by atomic mass is 32.1. The van der Waals surface area contributed by atoms with E-state index in [2.05, 4.69) is 10.3 Å². The molecule has 1 heterocycles. The quantitative estimate of drug-likeness (QED) is 0.843. The molecule has 5 nitrogen and oxygen atoms in total. The number of rotatable bonds is 7. The number of hydrogen-bond acceptors (Lipinski definition) is 5. The molecular formula is C16H20FN3O2S. The zero-order valence-corrected chi connectivity index (χ0v) is 14.2. The highest BCUT2D eigenvalue weighted by molar-refractivity contribution is 7.13. The number of likely N-dealkylation sites (N-methyl/N-ethyl adjacent to an activating group) is 2. The normalized spacial score (nSPS) is 10.6. The predicted octanol–water partition coefficient (Wildman–Crippen LogP) is 2.46. The largest absolute Gasteiger partial charge is 0.486 e. The van der Waals surface area contributed by atoms with E-state index in [1.165, 1.54) is 23.5 Å². The molecule has 0 bridgehead atoms. The van der Waals surface area contributed by atoms with E-state index in [1.807, 2.05) is 14.0 Å². The smallest absolute Gasteiger partial charge is 0.265 e. The van der Waals surface area contributed by atoms with Gasteiger partial charge in [-0.2, -0.15) is 0 Å². The van der Waals surface area contributed by atoms with Crippen molar-refractivity contribution < 1.29 is 13.9 Å². The van der Waals surface area contributed by atoms with Crippen LogP contribution in [0.1, 0.15) is 20.4 Å². The molecule has 0 aliphatic rings. The minimum absolute atomic E-state index is 0.0386. The van der Waals surface area contributed by atoms with Gasteiger partial charge >= 0.3 is 0 Å². The van der Waals surface area contributed by atoms with Crippen LogP contribution in [0.25, 0.3) is 0 Å². The molecule has 7 heteroatoms. The third-order valence-electron chi connectivity index (χ3n) is 3.25. The summed E-state index contributed by atoms with van der Waals surface area (Å²) in [5.74, 6) is 0.224. The topological polar surface area (TPSA) is 54.5 Å². The highest BCUT2D eigenvalue weighted by Gasteiger charge is 2.18. The lowest BCUT2D eigenvalue weighted by Crippen LogP contribution is -2.32. The second-order valence-electron chi connectivity index (χ2n) is 5.09. The summed E-state index contributed by atoms with van der Waals surface area (Å²) in [7, 11) is 3.62. The van der Waals surface area contributed by atoms with Crippen LogP contribution in [-0.2, 0) is 6.61 Å². The molecule has 0 unspecified atom stereocenters. The highest BCUT2D eigenvalue weighted by Crippen LogP contribution is 2.21. The van der Waals surface area contributed by atoms with Gasteiger partial charge in [-0.3, -0.25) is 4.79 Å². The Morgan fingerprint density at radius 3 is 2.74 bits per heavy atom. The number of thiazole rings is 1. The fourth-order valence-corrected chi connectivity index (χ4v) is 2.92. The first-order chi connectivity index (χ1) is 11.0. The van der Waals surface area contributed by atoms with E-state index in [-0.39, 0.29) is 18.3 Å². The summed E-state index contributed by atoms with van der Waals surface area (Å²) in [5, 5.41) is 3.73. The van der Waals surface area contributed by atoms with Crippen molar-refractivity contribution in [1.29, 1.82) is 0 Å². The summed E-state index contributed by atoms with van der Waals surface area (Å²) in [6.45, 7) is 3.44. The number of benzene rings is 1. The third-order valence-corrected chi connectivity index (χ3v) is 4.37. The third kappa shape index (κ3) is 4.74. The van der Waals surface area contributed by atoms with Gasteiger partial charge in [0.15, 0.2) is 0 Å². The molecule has 1 aromatic heterocycles. The average molecular weight is 337 g/mol. The van der Waals surface area contributed by atoms with E-state index in [4.69, 9.17) is 4.74 Å². The van der Waals surface area contributed by atoms with Gasteiger partial charge in [-0.15, -0.1) is 11.3 Å². The average Bonchev–Trinajstić information content (AvgIpc) is 2.92. The zero-order valence-electron chi connectivity index (χ0n) is 13.4. The van der Waals surface area contributed by atoms with Crippen molar-refractivity contribution in [2.45, 2.75) is 13.5 Å². The first-order valence-corrected chi connectivity index (χ1v) is 8.07. The van der Waals surface area contributed by atoms with E-state index in [0.29, 0.717) is 22.9 Å². The molecule has 1 N–H and O–H groups in total. The molecular weight excluding hydrogens is 317 g/mol. The summed E-state index contributed by atoms with van der Waals surface area (Å²) in [6.07, 6.45) is 0. The van der Waals surface area contributed by atoms with Crippen molar-refractivity contribution in [1.82, 2.24) is 15.2 Å². The molecule has 1 amide bonds. The molecule has 124 valence electrons. The van der Waals surface area contributed by atoms with Gasteiger partial charge in [0, 0.05) is 20.1 Å². The van der Waals surface area contributed by atoms with Crippen LogP contribution >= 0.6 is 11.3 Å². The molecule has 0 radical (unpaired) electrons. The Morgan fingerprint density at radius 1 is 1.39 bits per heavy atom. The van der Waals surface area contributed by atoms with Gasteiger partial charge in [-0.25, -0.2) is 9.37 Å². The number of carbonyl (C=O) groups is 1. The molecule has 1 aromatic carbocycles. The lowest BCUT2D eigenvalue weighted by molar-refractivity contribution is 0.0800. The molecule has 0 spiro atoms.